The first kappa shape index (κ1) is 16.5. The van der Waals surface area contributed by atoms with Crippen molar-refractivity contribution in [2.45, 2.75) is 16.5 Å². The maximum Gasteiger partial charge on any atom is 0.238 e. The molecule has 1 amide bonds. The summed E-state index contributed by atoms with van der Waals surface area (Å²) in [7, 11) is -1.83. The summed E-state index contributed by atoms with van der Waals surface area (Å²) in [6.07, 6.45) is 3.87. The third-order valence-corrected chi connectivity index (χ3v) is 4.79. The Bertz CT molecular complexity index is 754. The molecule has 1 aromatic heterocycles. The minimum absolute atomic E-state index is 0.0100. The number of nitrogens with zero attached hydrogens (tertiary/aromatic N) is 2. The van der Waals surface area contributed by atoms with E-state index in [0.717, 1.165) is 5.16 Å². The molecule has 9 heteroatoms. The van der Waals surface area contributed by atoms with E-state index in [1.54, 1.807) is 6.20 Å². The highest BCUT2D eigenvalue weighted by atomic mass is 32.2. The van der Waals surface area contributed by atoms with Gasteiger partial charge in [-0.3, -0.25) is 4.79 Å². The summed E-state index contributed by atoms with van der Waals surface area (Å²) in [6.45, 7) is 0. The van der Waals surface area contributed by atoms with Crippen molar-refractivity contribution in [1.82, 2.24) is 9.55 Å². The van der Waals surface area contributed by atoms with E-state index < -0.39 is 10.0 Å². The number of primary sulfonamides is 1. The number of hydrogen-bond donors (Lipinski definition) is 2. The highest BCUT2D eigenvalue weighted by Crippen LogP contribution is 2.16. The maximum atomic E-state index is 11.8. The van der Waals surface area contributed by atoms with Gasteiger partial charge in [-0.2, -0.15) is 0 Å². The fourth-order valence-electron chi connectivity index (χ4n) is 1.68. The van der Waals surface area contributed by atoms with Crippen LogP contribution in [0.1, 0.15) is 6.42 Å². The smallest absolute Gasteiger partial charge is 0.238 e. The van der Waals surface area contributed by atoms with Gasteiger partial charge in [0.05, 0.1) is 4.90 Å². The van der Waals surface area contributed by atoms with E-state index in [1.807, 2.05) is 17.8 Å². The average molecular weight is 340 g/mol. The number of rotatable bonds is 6. The van der Waals surface area contributed by atoms with Crippen molar-refractivity contribution in [2.24, 2.45) is 12.2 Å². The van der Waals surface area contributed by atoms with Gasteiger partial charge in [0.15, 0.2) is 5.16 Å². The molecule has 3 N–H and O–H groups in total. The highest BCUT2D eigenvalue weighted by Gasteiger charge is 2.08. The van der Waals surface area contributed by atoms with Crippen molar-refractivity contribution in [1.29, 1.82) is 0 Å². The summed E-state index contributed by atoms with van der Waals surface area (Å²) in [5, 5.41) is 8.56. The molecule has 0 aliphatic carbocycles. The maximum absolute atomic E-state index is 11.8. The average Bonchev–Trinajstić information content (AvgIpc) is 2.84. The standard InChI is InChI=1S/C13H16N4O3S2/c1-17-8-7-15-13(17)21-9-6-12(18)16-10-2-4-11(5-3-10)22(14,19)20/h2-5,7-8H,6,9H2,1H3,(H,16,18)(H2,14,19,20). The molecule has 0 saturated carbocycles. The Labute approximate surface area is 133 Å². The molecule has 118 valence electrons. The van der Waals surface area contributed by atoms with Crippen molar-refractivity contribution < 1.29 is 13.2 Å². The second-order valence-electron chi connectivity index (χ2n) is 4.54. The number of hydrogen-bond acceptors (Lipinski definition) is 5. The van der Waals surface area contributed by atoms with Crippen molar-refractivity contribution in [3.63, 3.8) is 0 Å². The molecule has 0 aliphatic rings. The number of benzene rings is 1. The van der Waals surface area contributed by atoms with Crippen LogP contribution in [0.4, 0.5) is 5.69 Å². The minimum Gasteiger partial charge on any atom is -0.329 e. The second-order valence-corrected chi connectivity index (χ2v) is 7.16. The van der Waals surface area contributed by atoms with Gasteiger partial charge in [0.25, 0.3) is 0 Å². The zero-order valence-electron chi connectivity index (χ0n) is 11.9. The highest BCUT2D eigenvalue weighted by molar-refractivity contribution is 7.99. The Morgan fingerprint density at radius 3 is 2.59 bits per heavy atom. The van der Waals surface area contributed by atoms with E-state index in [2.05, 4.69) is 10.3 Å². The fraction of sp³-hybridized carbons (Fsp3) is 0.231. The molecule has 0 spiro atoms. The summed E-state index contributed by atoms with van der Waals surface area (Å²) >= 11 is 1.49. The van der Waals surface area contributed by atoms with Crippen LogP contribution in [0, 0.1) is 0 Å². The van der Waals surface area contributed by atoms with E-state index in [-0.39, 0.29) is 10.8 Å². The molecule has 7 nitrogen and oxygen atoms in total. The largest absolute Gasteiger partial charge is 0.329 e. The zero-order valence-corrected chi connectivity index (χ0v) is 13.5. The number of imidazole rings is 1. The summed E-state index contributed by atoms with van der Waals surface area (Å²) in [6, 6.07) is 5.72. The molecule has 22 heavy (non-hydrogen) atoms. The van der Waals surface area contributed by atoms with Gasteiger partial charge in [0, 0.05) is 37.3 Å². The molecule has 2 rings (SSSR count). The number of nitrogens with one attached hydrogen (secondary N) is 1. The minimum atomic E-state index is -3.72. The van der Waals surface area contributed by atoms with Gasteiger partial charge in [-0.05, 0) is 24.3 Å². The third kappa shape index (κ3) is 4.58. The Morgan fingerprint density at radius 1 is 1.36 bits per heavy atom. The van der Waals surface area contributed by atoms with E-state index in [0.29, 0.717) is 17.9 Å². The molecular formula is C13H16N4O3S2. The number of thioether (sulfide) groups is 1. The molecule has 0 unspecified atom stereocenters. The van der Waals surface area contributed by atoms with Gasteiger partial charge in [0.1, 0.15) is 0 Å². The van der Waals surface area contributed by atoms with Crippen LogP contribution in [0.5, 0.6) is 0 Å². The van der Waals surface area contributed by atoms with E-state index in [9.17, 15) is 13.2 Å². The molecule has 0 fully saturated rings. The first-order valence-electron chi connectivity index (χ1n) is 6.39. The number of carbonyl (C=O) groups is 1. The van der Waals surface area contributed by atoms with Crippen LogP contribution in [0.25, 0.3) is 0 Å². The van der Waals surface area contributed by atoms with Crippen LogP contribution in [0.15, 0.2) is 46.7 Å². The zero-order chi connectivity index (χ0) is 16.2. The summed E-state index contributed by atoms with van der Waals surface area (Å²) in [5.74, 6) is 0.455. The van der Waals surface area contributed by atoms with Crippen molar-refractivity contribution >= 4 is 33.4 Å². The number of aryl methyl sites for hydroxylation is 1. The topological polar surface area (TPSA) is 107 Å². The Balaban J connectivity index is 1.83. The number of sulfonamides is 1. The van der Waals surface area contributed by atoms with Crippen LogP contribution >= 0.6 is 11.8 Å². The van der Waals surface area contributed by atoms with Gasteiger partial charge in [-0.25, -0.2) is 18.5 Å². The summed E-state index contributed by atoms with van der Waals surface area (Å²) < 4.78 is 24.1. The Kier molecular flexibility index (Phi) is 5.22. The third-order valence-electron chi connectivity index (χ3n) is 2.80. The van der Waals surface area contributed by atoms with E-state index in [4.69, 9.17) is 5.14 Å². The summed E-state index contributed by atoms with van der Waals surface area (Å²) in [5.41, 5.74) is 0.527. The Hall–Kier alpha value is -1.84. The van der Waals surface area contributed by atoms with Crippen LogP contribution in [0.2, 0.25) is 0 Å². The van der Waals surface area contributed by atoms with Gasteiger partial charge in [0.2, 0.25) is 15.9 Å². The van der Waals surface area contributed by atoms with Crippen LogP contribution in [-0.4, -0.2) is 29.6 Å². The van der Waals surface area contributed by atoms with Gasteiger partial charge < -0.3 is 9.88 Å². The molecule has 0 atom stereocenters. The quantitative estimate of drug-likeness (QED) is 0.768. The first-order valence-corrected chi connectivity index (χ1v) is 8.92. The molecule has 1 aromatic carbocycles. The normalized spacial score (nSPS) is 11.4. The lowest BCUT2D eigenvalue weighted by Crippen LogP contribution is -2.14. The molecular weight excluding hydrogens is 324 g/mol. The number of carbonyl (C=O) groups excluding carboxylic acids is 1. The van der Waals surface area contributed by atoms with Crippen LogP contribution < -0.4 is 10.5 Å². The molecule has 0 bridgehead atoms. The molecule has 2 aromatic rings. The van der Waals surface area contributed by atoms with Crippen molar-refractivity contribution in [3.8, 4) is 0 Å². The van der Waals surface area contributed by atoms with Crippen LogP contribution in [-0.2, 0) is 21.9 Å². The molecule has 0 aliphatic heterocycles. The van der Waals surface area contributed by atoms with Crippen molar-refractivity contribution in [3.05, 3.63) is 36.7 Å². The lowest BCUT2D eigenvalue weighted by atomic mass is 10.3. The van der Waals surface area contributed by atoms with Crippen molar-refractivity contribution in [2.75, 3.05) is 11.1 Å². The molecule has 1 heterocycles. The number of nitrogens with two attached hydrogens (primary N) is 1. The monoisotopic (exact) mass is 340 g/mol. The molecule has 0 saturated heterocycles. The van der Waals surface area contributed by atoms with E-state index in [1.165, 1.54) is 36.0 Å². The lowest BCUT2D eigenvalue weighted by molar-refractivity contribution is -0.115. The predicted octanol–water partition coefficient (Wildman–Crippen LogP) is 1.19. The lowest BCUT2D eigenvalue weighted by Gasteiger charge is -2.06. The molecule has 0 radical (unpaired) electrons. The first-order chi connectivity index (χ1) is 10.4. The summed E-state index contributed by atoms with van der Waals surface area (Å²) in [4.78, 5) is 16.0. The number of anilines is 1. The number of amides is 1. The van der Waals surface area contributed by atoms with Gasteiger partial charge in [-0.15, -0.1) is 0 Å². The Morgan fingerprint density at radius 2 is 2.05 bits per heavy atom. The fourth-order valence-corrected chi connectivity index (χ4v) is 3.06. The van der Waals surface area contributed by atoms with Gasteiger partial charge >= 0.3 is 0 Å². The van der Waals surface area contributed by atoms with Gasteiger partial charge in [-0.1, -0.05) is 11.8 Å². The van der Waals surface area contributed by atoms with E-state index >= 15 is 0 Å². The SMILES string of the molecule is Cn1ccnc1SCCC(=O)Nc1ccc(S(N)(=O)=O)cc1. The van der Waals surface area contributed by atoms with Crippen LogP contribution in [0.3, 0.4) is 0 Å². The predicted molar refractivity (Wildman–Crippen MR) is 85.0 cm³/mol. The number of aromatic nitrogens is 2. The second kappa shape index (κ2) is 6.95.